The van der Waals surface area contributed by atoms with E-state index < -0.39 is 6.10 Å². The zero-order valence-electron chi connectivity index (χ0n) is 15.2. The van der Waals surface area contributed by atoms with Crippen molar-refractivity contribution in [1.82, 2.24) is 4.98 Å². The van der Waals surface area contributed by atoms with E-state index in [1.54, 1.807) is 18.4 Å². The van der Waals surface area contributed by atoms with Gasteiger partial charge < -0.3 is 4.74 Å². The summed E-state index contributed by atoms with van der Waals surface area (Å²) in [7, 11) is 1.55. The second-order valence-corrected chi connectivity index (χ2v) is 7.84. The average molecular weight is 378 g/mol. The smallest absolute Gasteiger partial charge is 0.259 e. The van der Waals surface area contributed by atoms with Gasteiger partial charge in [0.15, 0.2) is 11.2 Å². The van der Waals surface area contributed by atoms with Crippen LogP contribution in [-0.2, 0) is 22.4 Å². The Kier molecular flexibility index (Phi) is 5.32. The van der Waals surface area contributed by atoms with Gasteiger partial charge in [0.25, 0.3) is 5.91 Å². The summed E-state index contributed by atoms with van der Waals surface area (Å²) in [6.07, 6.45) is 2.40. The second kappa shape index (κ2) is 8.03. The van der Waals surface area contributed by atoms with Crippen LogP contribution in [0.5, 0.6) is 0 Å². The Balaban J connectivity index is 1.47. The molecule has 2 atom stereocenters. The molecule has 0 spiro atoms. The lowest BCUT2D eigenvalue weighted by atomic mass is 9.85. The fraction of sp³-hybridized carbons (Fsp3) is 0.273. The number of benzene rings is 2. The summed E-state index contributed by atoms with van der Waals surface area (Å²) >= 11 is 1.59. The molecule has 0 radical (unpaired) electrons. The molecule has 0 saturated carbocycles. The van der Waals surface area contributed by atoms with E-state index >= 15 is 0 Å². The number of amides is 1. The molecule has 1 heterocycles. The molecule has 0 aliphatic heterocycles. The molecule has 1 aliphatic rings. The number of anilines is 1. The topological polar surface area (TPSA) is 51.2 Å². The Morgan fingerprint density at radius 3 is 2.56 bits per heavy atom. The lowest BCUT2D eigenvalue weighted by Gasteiger charge is -2.21. The summed E-state index contributed by atoms with van der Waals surface area (Å²) in [6, 6.07) is 20.2. The molecular formula is C22H22N2O2S. The van der Waals surface area contributed by atoms with Gasteiger partial charge in [-0.15, -0.1) is 11.3 Å². The van der Waals surface area contributed by atoms with Crippen molar-refractivity contribution in [3.05, 3.63) is 82.4 Å². The number of thiazole rings is 1. The van der Waals surface area contributed by atoms with E-state index in [-0.39, 0.29) is 5.91 Å². The number of aryl methyl sites for hydroxylation is 1. The minimum Gasteiger partial charge on any atom is -0.367 e. The first-order valence-corrected chi connectivity index (χ1v) is 9.98. The van der Waals surface area contributed by atoms with Crippen molar-refractivity contribution >= 4 is 22.4 Å². The standard InChI is InChI=1S/C22H22N2O2S/c1-26-20(16-10-6-3-7-11-16)21(25)24-22-23-18-13-12-17(14-19(18)27-22)15-8-4-2-5-9-15/h2-11,17,20H,12-14H2,1H3,(H,23,24,25). The summed E-state index contributed by atoms with van der Waals surface area (Å²) in [5, 5.41) is 3.61. The molecule has 27 heavy (non-hydrogen) atoms. The van der Waals surface area contributed by atoms with Crippen molar-refractivity contribution in [2.24, 2.45) is 0 Å². The zero-order valence-corrected chi connectivity index (χ0v) is 16.0. The average Bonchev–Trinajstić information content (AvgIpc) is 3.11. The van der Waals surface area contributed by atoms with Crippen molar-refractivity contribution in [1.29, 1.82) is 0 Å². The molecule has 138 valence electrons. The molecule has 1 amide bonds. The normalized spacial score (nSPS) is 17.1. The second-order valence-electron chi connectivity index (χ2n) is 6.75. The molecular weight excluding hydrogens is 356 g/mol. The van der Waals surface area contributed by atoms with Crippen LogP contribution in [0.1, 0.15) is 40.1 Å². The molecule has 1 aliphatic carbocycles. The van der Waals surface area contributed by atoms with Crippen LogP contribution in [0.2, 0.25) is 0 Å². The Hall–Kier alpha value is -2.50. The van der Waals surface area contributed by atoms with E-state index in [1.165, 1.54) is 10.4 Å². The molecule has 1 N–H and O–H groups in total. The molecule has 2 aromatic carbocycles. The summed E-state index contributed by atoms with van der Waals surface area (Å²) in [5.74, 6) is 0.341. The first-order chi connectivity index (χ1) is 13.2. The minimum absolute atomic E-state index is 0.186. The van der Waals surface area contributed by atoms with E-state index in [0.29, 0.717) is 11.0 Å². The highest BCUT2D eigenvalue weighted by Crippen LogP contribution is 2.37. The number of carbonyl (C=O) groups is 1. The van der Waals surface area contributed by atoms with Gasteiger partial charge in [-0.25, -0.2) is 4.98 Å². The number of nitrogens with zero attached hydrogens (tertiary/aromatic N) is 1. The zero-order chi connectivity index (χ0) is 18.6. The largest absolute Gasteiger partial charge is 0.367 e. The molecule has 0 saturated heterocycles. The van der Waals surface area contributed by atoms with Crippen LogP contribution in [0.3, 0.4) is 0 Å². The van der Waals surface area contributed by atoms with Gasteiger partial charge in [0.1, 0.15) is 0 Å². The molecule has 4 nitrogen and oxygen atoms in total. The van der Waals surface area contributed by atoms with Crippen molar-refractivity contribution in [2.45, 2.75) is 31.3 Å². The number of nitrogens with one attached hydrogen (secondary N) is 1. The van der Waals surface area contributed by atoms with Gasteiger partial charge in [0.05, 0.1) is 5.69 Å². The van der Waals surface area contributed by atoms with Crippen LogP contribution in [0.25, 0.3) is 0 Å². The maximum atomic E-state index is 12.7. The SMILES string of the molecule is COC(C(=O)Nc1nc2c(s1)CC(c1ccccc1)CC2)c1ccccc1. The molecule has 1 aromatic heterocycles. The van der Waals surface area contributed by atoms with Gasteiger partial charge in [-0.3, -0.25) is 10.1 Å². The Morgan fingerprint density at radius 2 is 1.85 bits per heavy atom. The highest BCUT2D eigenvalue weighted by atomic mass is 32.1. The summed E-state index contributed by atoms with van der Waals surface area (Å²) in [6.45, 7) is 0. The third kappa shape index (κ3) is 3.94. The summed E-state index contributed by atoms with van der Waals surface area (Å²) in [5.41, 5.74) is 3.34. The number of rotatable bonds is 5. The Bertz CT molecular complexity index is 909. The number of hydrogen-bond acceptors (Lipinski definition) is 4. The van der Waals surface area contributed by atoms with Gasteiger partial charge in [0.2, 0.25) is 0 Å². The minimum atomic E-state index is -0.635. The van der Waals surface area contributed by atoms with Gasteiger partial charge in [-0.1, -0.05) is 60.7 Å². The Labute approximate surface area is 163 Å². The molecule has 5 heteroatoms. The number of aromatic nitrogens is 1. The molecule has 4 rings (SSSR count). The van der Waals surface area contributed by atoms with Crippen LogP contribution < -0.4 is 5.32 Å². The number of methoxy groups -OCH3 is 1. The van der Waals surface area contributed by atoms with Crippen LogP contribution in [0, 0.1) is 0 Å². The van der Waals surface area contributed by atoms with Crippen molar-refractivity contribution in [3.8, 4) is 0 Å². The van der Waals surface area contributed by atoms with E-state index in [9.17, 15) is 4.79 Å². The first-order valence-electron chi connectivity index (χ1n) is 9.16. The third-order valence-corrected chi connectivity index (χ3v) is 6.05. The van der Waals surface area contributed by atoms with Gasteiger partial charge in [0, 0.05) is 12.0 Å². The molecule has 2 unspecified atom stereocenters. The van der Waals surface area contributed by atoms with E-state index in [0.717, 1.165) is 30.5 Å². The number of ether oxygens (including phenoxy) is 1. The predicted octanol–water partition coefficient (Wildman–Crippen LogP) is 4.74. The molecule has 0 bridgehead atoms. The number of fused-ring (bicyclic) bond motifs is 1. The number of carbonyl (C=O) groups excluding carboxylic acids is 1. The quantitative estimate of drug-likeness (QED) is 0.697. The van der Waals surface area contributed by atoms with Gasteiger partial charge in [-0.05, 0) is 36.3 Å². The summed E-state index contributed by atoms with van der Waals surface area (Å²) in [4.78, 5) is 18.6. The van der Waals surface area contributed by atoms with Crippen molar-refractivity contribution < 1.29 is 9.53 Å². The summed E-state index contributed by atoms with van der Waals surface area (Å²) < 4.78 is 5.41. The van der Waals surface area contributed by atoms with E-state index in [1.807, 2.05) is 30.3 Å². The van der Waals surface area contributed by atoms with Gasteiger partial charge in [-0.2, -0.15) is 0 Å². The molecule has 3 aromatic rings. The van der Waals surface area contributed by atoms with Crippen LogP contribution in [-0.4, -0.2) is 18.0 Å². The highest BCUT2D eigenvalue weighted by molar-refractivity contribution is 7.15. The Morgan fingerprint density at radius 1 is 1.15 bits per heavy atom. The first kappa shape index (κ1) is 17.9. The maximum Gasteiger partial charge on any atom is 0.259 e. The monoisotopic (exact) mass is 378 g/mol. The van der Waals surface area contributed by atoms with Crippen molar-refractivity contribution in [3.63, 3.8) is 0 Å². The van der Waals surface area contributed by atoms with E-state index in [2.05, 4.69) is 40.6 Å². The fourth-order valence-corrected chi connectivity index (χ4v) is 4.72. The predicted molar refractivity (Wildman–Crippen MR) is 108 cm³/mol. The fourth-order valence-electron chi connectivity index (χ4n) is 3.63. The third-order valence-electron chi connectivity index (χ3n) is 5.02. The van der Waals surface area contributed by atoms with Crippen LogP contribution >= 0.6 is 11.3 Å². The molecule has 0 fully saturated rings. The van der Waals surface area contributed by atoms with Gasteiger partial charge >= 0.3 is 0 Å². The lowest BCUT2D eigenvalue weighted by molar-refractivity contribution is -0.126. The van der Waals surface area contributed by atoms with Crippen LogP contribution in [0.15, 0.2) is 60.7 Å². The van der Waals surface area contributed by atoms with E-state index in [4.69, 9.17) is 4.74 Å². The maximum absolute atomic E-state index is 12.7. The number of hydrogen-bond donors (Lipinski definition) is 1. The highest BCUT2D eigenvalue weighted by Gasteiger charge is 2.26. The van der Waals surface area contributed by atoms with Crippen molar-refractivity contribution in [2.75, 3.05) is 12.4 Å². The lowest BCUT2D eigenvalue weighted by Crippen LogP contribution is -2.22. The van der Waals surface area contributed by atoms with Crippen LogP contribution in [0.4, 0.5) is 5.13 Å².